The molecule has 0 aliphatic heterocycles. The fourth-order valence-corrected chi connectivity index (χ4v) is 0.949. The molecule has 0 aromatic carbocycles. The van der Waals surface area contributed by atoms with E-state index in [-0.39, 0.29) is 0 Å². The lowest BCUT2D eigenvalue weighted by Crippen LogP contribution is -2.31. The molecule has 0 aromatic rings. The summed E-state index contributed by atoms with van der Waals surface area (Å²) in [6.45, 7) is 7.15. The molecule has 80 valence electrons. The Balaban J connectivity index is 3.15. The predicted molar refractivity (Wildman–Crippen MR) is 57.2 cm³/mol. The molecule has 0 heterocycles. The van der Waals surface area contributed by atoms with E-state index in [1.54, 1.807) is 0 Å². The van der Waals surface area contributed by atoms with E-state index in [9.17, 15) is 0 Å². The van der Waals surface area contributed by atoms with E-state index in [1.165, 1.54) is 0 Å². The van der Waals surface area contributed by atoms with Crippen molar-refractivity contribution in [2.24, 2.45) is 0 Å². The Morgan fingerprint density at radius 3 is 2.15 bits per heavy atom. The number of ether oxygens (including phenoxy) is 1. The van der Waals surface area contributed by atoms with Crippen molar-refractivity contribution in [2.45, 2.75) is 13.3 Å². The average Bonchev–Trinajstić information content (AvgIpc) is 2.09. The van der Waals surface area contributed by atoms with Gasteiger partial charge in [0.25, 0.3) is 0 Å². The van der Waals surface area contributed by atoms with Gasteiger partial charge in [-0.2, -0.15) is 0 Å². The Kier molecular flexibility index (Phi) is 8.40. The van der Waals surface area contributed by atoms with Crippen molar-refractivity contribution >= 4 is 0 Å². The molecule has 0 rings (SSSR count). The highest BCUT2D eigenvalue weighted by Gasteiger charge is 1.98. The quantitative estimate of drug-likeness (QED) is 0.527. The monoisotopic (exact) mass is 188 g/mol. The first-order chi connectivity index (χ1) is 6.16. The van der Waals surface area contributed by atoms with E-state index in [0.29, 0.717) is 0 Å². The molecule has 0 N–H and O–H groups in total. The minimum absolute atomic E-state index is 0.859. The van der Waals surface area contributed by atoms with Gasteiger partial charge in [0, 0.05) is 26.2 Å². The van der Waals surface area contributed by atoms with E-state index in [1.807, 2.05) is 0 Å². The highest BCUT2D eigenvalue weighted by atomic mass is 16.5. The fraction of sp³-hybridized carbons (Fsp3) is 1.00. The van der Waals surface area contributed by atoms with Gasteiger partial charge in [-0.3, -0.25) is 0 Å². The molecular weight excluding hydrogens is 164 g/mol. The highest BCUT2D eigenvalue weighted by Crippen LogP contribution is 1.86. The average molecular weight is 188 g/mol. The van der Waals surface area contributed by atoms with Crippen LogP contribution in [0, 0.1) is 0 Å². The smallest absolute Gasteiger partial charge is 0.0593 e. The molecule has 0 radical (unpaired) electrons. The second kappa shape index (κ2) is 8.48. The van der Waals surface area contributed by atoms with Crippen LogP contribution >= 0.6 is 0 Å². The molecule has 0 fully saturated rings. The first kappa shape index (κ1) is 12.9. The Morgan fingerprint density at radius 1 is 0.923 bits per heavy atom. The van der Waals surface area contributed by atoms with Gasteiger partial charge in [0.2, 0.25) is 0 Å². The molecule has 3 nitrogen and oxygen atoms in total. The minimum atomic E-state index is 0.859. The maximum absolute atomic E-state index is 5.40. The third kappa shape index (κ3) is 9.80. The van der Waals surface area contributed by atoms with Gasteiger partial charge >= 0.3 is 0 Å². The molecule has 0 bridgehead atoms. The summed E-state index contributed by atoms with van der Waals surface area (Å²) in [5.41, 5.74) is 0. The zero-order chi connectivity index (χ0) is 10.1. The zero-order valence-corrected chi connectivity index (χ0v) is 9.55. The van der Waals surface area contributed by atoms with E-state index in [2.05, 4.69) is 37.9 Å². The lowest BCUT2D eigenvalue weighted by molar-refractivity contribution is 0.110. The van der Waals surface area contributed by atoms with E-state index in [4.69, 9.17) is 4.74 Å². The Morgan fingerprint density at radius 2 is 1.62 bits per heavy atom. The summed E-state index contributed by atoms with van der Waals surface area (Å²) in [6.07, 6.45) is 1.11. The van der Waals surface area contributed by atoms with Crippen molar-refractivity contribution in [1.29, 1.82) is 0 Å². The van der Waals surface area contributed by atoms with E-state index >= 15 is 0 Å². The van der Waals surface area contributed by atoms with Crippen LogP contribution in [0.2, 0.25) is 0 Å². The zero-order valence-electron chi connectivity index (χ0n) is 9.55. The third-order valence-electron chi connectivity index (χ3n) is 1.89. The third-order valence-corrected chi connectivity index (χ3v) is 1.89. The maximum Gasteiger partial charge on any atom is 0.0593 e. The molecule has 0 aliphatic carbocycles. The van der Waals surface area contributed by atoms with Gasteiger partial charge in [0.1, 0.15) is 0 Å². The number of nitrogens with zero attached hydrogens (tertiary/aromatic N) is 2. The predicted octanol–water partition coefficient (Wildman–Crippen LogP) is 0.906. The molecule has 0 aliphatic rings. The standard InChI is InChI=1S/C10H24N2O/c1-5-9-13-10-8-12(4)7-6-11(2)3/h5-10H2,1-4H3. The first-order valence-electron chi connectivity index (χ1n) is 5.07. The van der Waals surface area contributed by atoms with Gasteiger partial charge in [-0.15, -0.1) is 0 Å². The van der Waals surface area contributed by atoms with Crippen LogP contribution in [0.1, 0.15) is 13.3 Å². The summed E-state index contributed by atoms with van der Waals surface area (Å²) >= 11 is 0. The summed E-state index contributed by atoms with van der Waals surface area (Å²) < 4.78 is 5.40. The number of hydrogen-bond acceptors (Lipinski definition) is 3. The van der Waals surface area contributed by atoms with Crippen LogP contribution in [-0.2, 0) is 4.74 Å². The highest BCUT2D eigenvalue weighted by molar-refractivity contribution is 4.53. The van der Waals surface area contributed by atoms with E-state index in [0.717, 1.165) is 39.3 Å². The molecule has 3 heteroatoms. The van der Waals surface area contributed by atoms with E-state index < -0.39 is 0 Å². The first-order valence-corrected chi connectivity index (χ1v) is 5.07. The second-order valence-electron chi connectivity index (χ2n) is 3.72. The minimum Gasteiger partial charge on any atom is -0.380 e. The number of hydrogen-bond donors (Lipinski definition) is 0. The summed E-state index contributed by atoms with van der Waals surface area (Å²) in [5, 5.41) is 0. The molecule has 0 spiro atoms. The van der Waals surface area contributed by atoms with Crippen LogP contribution in [0.25, 0.3) is 0 Å². The SMILES string of the molecule is CCCOCCN(C)CCN(C)C. The molecule has 13 heavy (non-hydrogen) atoms. The van der Waals surface area contributed by atoms with Crippen molar-refractivity contribution in [3.8, 4) is 0 Å². The Bertz CT molecular complexity index is 107. The fourth-order valence-electron chi connectivity index (χ4n) is 0.949. The van der Waals surface area contributed by atoms with Crippen LogP contribution in [0.3, 0.4) is 0 Å². The number of rotatable bonds is 8. The summed E-state index contributed by atoms with van der Waals surface area (Å²) in [6, 6.07) is 0. The largest absolute Gasteiger partial charge is 0.380 e. The number of likely N-dealkylation sites (N-methyl/N-ethyl adjacent to an activating group) is 2. The van der Waals surface area contributed by atoms with Crippen LogP contribution in [0.4, 0.5) is 0 Å². The van der Waals surface area contributed by atoms with Gasteiger partial charge in [-0.1, -0.05) is 6.92 Å². The molecule has 0 saturated carbocycles. The van der Waals surface area contributed by atoms with Gasteiger partial charge in [0.15, 0.2) is 0 Å². The van der Waals surface area contributed by atoms with Gasteiger partial charge in [-0.25, -0.2) is 0 Å². The van der Waals surface area contributed by atoms with Gasteiger partial charge in [-0.05, 0) is 27.6 Å². The summed E-state index contributed by atoms with van der Waals surface area (Å²) in [5.74, 6) is 0. The lowest BCUT2D eigenvalue weighted by atomic mass is 10.5. The topological polar surface area (TPSA) is 15.7 Å². The van der Waals surface area contributed by atoms with Crippen molar-refractivity contribution in [2.75, 3.05) is 54.0 Å². The second-order valence-corrected chi connectivity index (χ2v) is 3.72. The Labute approximate surface area is 82.7 Å². The molecule has 0 atom stereocenters. The summed E-state index contributed by atoms with van der Waals surface area (Å²) in [7, 11) is 6.33. The molecule has 0 unspecified atom stereocenters. The van der Waals surface area contributed by atoms with Crippen molar-refractivity contribution in [1.82, 2.24) is 9.80 Å². The van der Waals surface area contributed by atoms with Crippen LogP contribution in [0.5, 0.6) is 0 Å². The van der Waals surface area contributed by atoms with Crippen LogP contribution < -0.4 is 0 Å². The van der Waals surface area contributed by atoms with Crippen LogP contribution in [-0.4, -0.2) is 63.8 Å². The summed E-state index contributed by atoms with van der Waals surface area (Å²) in [4.78, 5) is 4.50. The van der Waals surface area contributed by atoms with Crippen molar-refractivity contribution in [3.05, 3.63) is 0 Å². The molecule has 0 amide bonds. The normalized spacial score (nSPS) is 11.5. The Hall–Kier alpha value is -0.120. The van der Waals surface area contributed by atoms with Crippen molar-refractivity contribution < 1.29 is 4.74 Å². The van der Waals surface area contributed by atoms with Crippen molar-refractivity contribution in [3.63, 3.8) is 0 Å². The lowest BCUT2D eigenvalue weighted by Gasteiger charge is -2.18. The molecule has 0 aromatic heterocycles. The molecule has 0 saturated heterocycles. The molecular formula is C10H24N2O. The maximum atomic E-state index is 5.40. The van der Waals surface area contributed by atoms with Crippen LogP contribution in [0.15, 0.2) is 0 Å². The van der Waals surface area contributed by atoms with Gasteiger partial charge in [0.05, 0.1) is 6.61 Å². The van der Waals surface area contributed by atoms with Gasteiger partial charge < -0.3 is 14.5 Å².